The summed E-state index contributed by atoms with van der Waals surface area (Å²) < 4.78 is 0. The normalized spacial score (nSPS) is 38.5. The number of hydrogen-bond donors (Lipinski definition) is 0. The van der Waals surface area contributed by atoms with Crippen LogP contribution in [0.2, 0.25) is 0 Å². The summed E-state index contributed by atoms with van der Waals surface area (Å²) in [4.78, 5) is 32.0. The predicted octanol–water partition coefficient (Wildman–Crippen LogP) is -2.05. The molecule has 6 nitrogen and oxygen atoms in total. The van der Waals surface area contributed by atoms with Gasteiger partial charge in [0.15, 0.2) is 0 Å². The van der Waals surface area contributed by atoms with E-state index in [0.29, 0.717) is 13.1 Å². The van der Waals surface area contributed by atoms with Crippen molar-refractivity contribution in [1.29, 1.82) is 0 Å². The van der Waals surface area contributed by atoms with Crippen LogP contribution in [0.5, 0.6) is 0 Å². The number of rotatable bonds is 0. The molecule has 4 saturated heterocycles. The molecular formula is C10H14N4O2. The Morgan fingerprint density at radius 3 is 1.50 bits per heavy atom. The number of hydrogen-bond acceptors (Lipinski definition) is 4. The summed E-state index contributed by atoms with van der Waals surface area (Å²) in [6.45, 7) is 5.31. The highest BCUT2D eigenvalue weighted by Crippen LogP contribution is 2.34. The monoisotopic (exact) mass is 222 g/mol. The molecule has 2 atom stereocenters. The van der Waals surface area contributed by atoms with E-state index in [-0.39, 0.29) is 24.1 Å². The quantitative estimate of drug-likeness (QED) is 0.443. The van der Waals surface area contributed by atoms with Gasteiger partial charge in [-0.2, -0.15) is 0 Å². The number of carbonyl (C=O) groups is 2. The molecule has 4 heterocycles. The number of carbonyl (C=O) groups excluding carboxylic acids is 2. The lowest BCUT2D eigenvalue weighted by molar-refractivity contribution is -0.169. The van der Waals surface area contributed by atoms with Crippen LogP contribution in [0, 0.1) is 0 Å². The third kappa shape index (κ3) is 0.860. The van der Waals surface area contributed by atoms with Crippen molar-refractivity contribution in [3.8, 4) is 0 Å². The fourth-order valence-corrected chi connectivity index (χ4v) is 3.53. The lowest BCUT2D eigenvalue weighted by atomic mass is 10.1. The van der Waals surface area contributed by atoms with Crippen molar-refractivity contribution in [2.75, 3.05) is 39.3 Å². The maximum Gasteiger partial charge on any atom is 0.313 e. The first-order valence-electron chi connectivity index (χ1n) is 5.87. The first-order valence-corrected chi connectivity index (χ1v) is 5.87. The first-order chi connectivity index (χ1) is 7.77. The Balaban J connectivity index is 1.81. The topological polar surface area (TPSA) is 47.1 Å². The van der Waals surface area contributed by atoms with Gasteiger partial charge >= 0.3 is 11.8 Å². The molecule has 4 aliphatic heterocycles. The van der Waals surface area contributed by atoms with Crippen molar-refractivity contribution in [2.45, 2.75) is 12.3 Å². The molecule has 0 unspecified atom stereocenters. The molecule has 0 radical (unpaired) electrons. The Hall–Kier alpha value is -1.14. The van der Waals surface area contributed by atoms with Gasteiger partial charge in [0, 0.05) is 39.3 Å². The van der Waals surface area contributed by atoms with Crippen molar-refractivity contribution in [2.24, 2.45) is 0 Å². The molecule has 0 N–H and O–H groups in total. The molecule has 0 bridgehead atoms. The van der Waals surface area contributed by atoms with Crippen LogP contribution >= 0.6 is 0 Å². The third-order valence-corrected chi connectivity index (χ3v) is 4.29. The van der Waals surface area contributed by atoms with Gasteiger partial charge < -0.3 is 9.80 Å². The zero-order chi connectivity index (χ0) is 10.9. The average molecular weight is 222 g/mol. The molecule has 0 aromatic heterocycles. The Bertz CT molecular complexity index is 349. The molecule has 6 heteroatoms. The minimum atomic E-state index is -0.299. The molecule has 4 aliphatic rings. The number of amides is 2. The molecule has 0 aromatic carbocycles. The summed E-state index contributed by atoms with van der Waals surface area (Å²) in [6, 6.07) is 0. The summed E-state index contributed by atoms with van der Waals surface area (Å²) in [6.07, 6.45) is 0.253. The van der Waals surface area contributed by atoms with E-state index in [1.807, 2.05) is 0 Å². The fraction of sp³-hybridized carbons (Fsp3) is 0.800. The van der Waals surface area contributed by atoms with E-state index in [2.05, 4.69) is 9.80 Å². The maximum absolute atomic E-state index is 11.9. The van der Waals surface area contributed by atoms with E-state index >= 15 is 0 Å². The van der Waals surface area contributed by atoms with Crippen LogP contribution in [0.3, 0.4) is 0 Å². The van der Waals surface area contributed by atoms with Gasteiger partial charge in [0.1, 0.15) is 12.3 Å². The van der Waals surface area contributed by atoms with Gasteiger partial charge in [-0.3, -0.25) is 19.4 Å². The van der Waals surface area contributed by atoms with E-state index in [0.717, 1.165) is 26.2 Å². The van der Waals surface area contributed by atoms with Crippen LogP contribution in [0.4, 0.5) is 0 Å². The Labute approximate surface area is 93.4 Å². The standard InChI is InChI=1S/C10H14N4O2/c15-9-10(16)14-6-4-12-2-1-11-3-5-13(9)7(11)8(12)14/h7-8H,1-6H2/t7-,8-/m0/s1. The second kappa shape index (κ2) is 2.75. The van der Waals surface area contributed by atoms with Crippen molar-refractivity contribution >= 4 is 11.8 Å². The van der Waals surface area contributed by atoms with Crippen LogP contribution < -0.4 is 0 Å². The summed E-state index contributed by atoms with van der Waals surface area (Å²) in [5.41, 5.74) is 0. The molecule has 0 spiro atoms. The van der Waals surface area contributed by atoms with Crippen LogP contribution in [0.1, 0.15) is 0 Å². The zero-order valence-corrected chi connectivity index (χ0v) is 9.00. The lowest BCUT2D eigenvalue weighted by Gasteiger charge is -2.48. The number of nitrogens with zero attached hydrogens (tertiary/aromatic N) is 4. The fourth-order valence-electron chi connectivity index (χ4n) is 3.53. The molecule has 16 heavy (non-hydrogen) atoms. The van der Waals surface area contributed by atoms with E-state index < -0.39 is 0 Å². The van der Waals surface area contributed by atoms with Gasteiger partial charge in [-0.15, -0.1) is 0 Å². The Morgan fingerprint density at radius 2 is 1.06 bits per heavy atom. The van der Waals surface area contributed by atoms with Crippen molar-refractivity contribution in [1.82, 2.24) is 19.6 Å². The van der Waals surface area contributed by atoms with E-state index in [1.165, 1.54) is 0 Å². The summed E-state index contributed by atoms with van der Waals surface area (Å²) >= 11 is 0. The average Bonchev–Trinajstić information content (AvgIpc) is 2.88. The van der Waals surface area contributed by atoms with Crippen molar-refractivity contribution < 1.29 is 9.59 Å². The molecule has 4 fully saturated rings. The zero-order valence-electron chi connectivity index (χ0n) is 9.00. The van der Waals surface area contributed by atoms with Crippen molar-refractivity contribution in [3.05, 3.63) is 0 Å². The summed E-state index contributed by atoms with van der Waals surface area (Å²) in [5.74, 6) is -0.597. The first kappa shape index (κ1) is 8.95. The van der Waals surface area contributed by atoms with Gasteiger partial charge in [-0.25, -0.2) is 0 Å². The van der Waals surface area contributed by atoms with Gasteiger partial charge in [-0.1, -0.05) is 0 Å². The summed E-state index contributed by atoms with van der Waals surface area (Å²) in [7, 11) is 0. The van der Waals surface area contributed by atoms with Gasteiger partial charge in [0.2, 0.25) is 0 Å². The van der Waals surface area contributed by atoms with E-state index in [1.54, 1.807) is 9.80 Å². The molecule has 0 aromatic rings. The smallest absolute Gasteiger partial charge is 0.313 e. The minimum absolute atomic E-state index is 0.126. The highest BCUT2D eigenvalue weighted by molar-refractivity contribution is 6.35. The lowest BCUT2D eigenvalue weighted by Crippen LogP contribution is -2.69. The Morgan fingerprint density at radius 1 is 0.688 bits per heavy atom. The van der Waals surface area contributed by atoms with E-state index in [4.69, 9.17) is 0 Å². The molecule has 2 amide bonds. The van der Waals surface area contributed by atoms with Crippen LogP contribution in [0.15, 0.2) is 0 Å². The van der Waals surface area contributed by atoms with Crippen LogP contribution in [0.25, 0.3) is 0 Å². The minimum Gasteiger partial charge on any atom is -0.314 e. The number of piperazine rings is 2. The van der Waals surface area contributed by atoms with Crippen molar-refractivity contribution in [3.63, 3.8) is 0 Å². The third-order valence-electron chi connectivity index (χ3n) is 4.29. The molecule has 0 saturated carbocycles. The molecule has 0 aliphatic carbocycles. The largest absolute Gasteiger partial charge is 0.314 e. The van der Waals surface area contributed by atoms with Gasteiger partial charge in [-0.05, 0) is 0 Å². The van der Waals surface area contributed by atoms with E-state index in [9.17, 15) is 9.59 Å². The molecular weight excluding hydrogens is 208 g/mol. The Kier molecular flexibility index (Phi) is 1.54. The molecule has 86 valence electrons. The second-order valence-corrected chi connectivity index (χ2v) is 4.90. The highest BCUT2D eigenvalue weighted by atomic mass is 16.2. The van der Waals surface area contributed by atoms with Crippen LogP contribution in [-0.2, 0) is 9.59 Å². The summed E-state index contributed by atoms with van der Waals surface area (Å²) in [5, 5.41) is 0. The highest BCUT2D eigenvalue weighted by Gasteiger charge is 2.57. The predicted molar refractivity (Wildman–Crippen MR) is 54.1 cm³/mol. The second-order valence-electron chi connectivity index (χ2n) is 4.90. The SMILES string of the molecule is O=C1C(=O)N2CCN3CCN4CCN1[C@H]4[C@@H]32. The van der Waals surface area contributed by atoms with Crippen LogP contribution in [-0.4, -0.2) is 83.0 Å². The van der Waals surface area contributed by atoms with Gasteiger partial charge in [0.05, 0.1) is 0 Å². The molecule has 4 rings (SSSR count). The van der Waals surface area contributed by atoms with Gasteiger partial charge in [0.25, 0.3) is 0 Å². The maximum atomic E-state index is 11.9.